The third-order valence-corrected chi connectivity index (χ3v) is 5.48. The molecule has 1 fully saturated rings. The maximum absolute atomic E-state index is 9.83. The molecule has 2 unspecified atom stereocenters. The summed E-state index contributed by atoms with van der Waals surface area (Å²) in [6.07, 6.45) is 6.17. The average Bonchev–Trinajstić information content (AvgIpc) is 3.16. The number of aromatic nitrogens is 2. The molecule has 0 saturated carbocycles. The van der Waals surface area contributed by atoms with E-state index in [0.29, 0.717) is 16.9 Å². The van der Waals surface area contributed by atoms with E-state index in [4.69, 9.17) is 11.1 Å². The highest BCUT2D eigenvalue weighted by molar-refractivity contribution is 6.15. The van der Waals surface area contributed by atoms with Crippen LogP contribution in [0.2, 0.25) is 0 Å². The van der Waals surface area contributed by atoms with Crippen LogP contribution in [0.4, 0.5) is 11.5 Å². The van der Waals surface area contributed by atoms with Crippen LogP contribution in [0.5, 0.6) is 0 Å². The number of anilines is 2. The van der Waals surface area contributed by atoms with Gasteiger partial charge in [0.1, 0.15) is 24.8 Å². The van der Waals surface area contributed by atoms with Crippen molar-refractivity contribution >= 4 is 29.0 Å². The molecular formula is C21H25N6O+. The Bertz CT molecular complexity index is 994. The summed E-state index contributed by atoms with van der Waals surface area (Å²) in [6.45, 7) is 3.43. The molecule has 144 valence electrons. The number of nitrogens with two attached hydrogens (primary N) is 1. The molecule has 4 N–H and O–H groups in total. The second-order valence-corrected chi connectivity index (χ2v) is 7.55. The van der Waals surface area contributed by atoms with E-state index >= 15 is 0 Å². The third-order valence-electron chi connectivity index (χ3n) is 5.48. The summed E-state index contributed by atoms with van der Waals surface area (Å²) in [5.41, 5.74) is 10.3. The van der Waals surface area contributed by atoms with Gasteiger partial charge in [-0.25, -0.2) is 14.5 Å². The van der Waals surface area contributed by atoms with Crippen molar-refractivity contribution < 1.29 is 9.68 Å². The number of aliphatic hydroxyl groups excluding tert-OH is 1. The molecular weight excluding hydrogens is 352 g/mol. The fourth-order valence-corrected chi connectivity index (χ4v) is 3.71. The molecule has 2 atom stereocenters. The maximum atomic E-state index is 9.83. The summed E-state index contributed by atoms with van der Waals surface area (Å²) in [5.74, 6) is 1.03. The van der Waals surface area contributed by atoms with Crippen LogP contribution in [0, 0.1) is 11.3 Å². The van der Waals surface area contributed by atoms with E-state index in [0.717, 1.165) is 36.5 Å². The molecule has 2 aromatic rings. The van der Waals surface area contributed by atoms with Gasteiger partial charge < -0.3 is 15.7 Å². The van der Waals surface area contributed by atoms with Gasteiger partial charge in [0.25, 0.3) is 0 Å². The number of rotatable bonds is 5. The first-order chi connectivity index (χ1) is 13.4. The Morgan fingerprint density at radius 2 is 2.14 bits per heavy atom. The minimum atomic E-state index is -0.330. The van der Waals surface area contributed by atoms with Gasteiger partial charge in [0.15, 0.2) is 12.4 Å². The van der Waals surface area contributed by atoms with Crippen molar-refractivity contribution in [3.63, 3.8) is 0 Å². The van der Waals surface area contributed by atoms with Gasteiger partial charge in [-0.3, -0.25) is 5.41 Å². The normalized spacial score (nSPS) is 19.7. The molecule has 0 aliphatic carbocycles. The Kier molecular flexibility index (Phi) is 4.68. The third kappa shape index (κ3) is 3.41. The topological polar surface area (TPSA) is 102 Å². The first-order valence-electron chi connectivity index (χ1n) is 9.45. The number of hydrogen-bond acceptors (Lipinski definition) is 6. The van der Waals surface area contributed by atoms with Crippen molar-refractivity contribution in [2.24, 2.45) is 5.92 Å². The number of allylic oxidation sites excluding steroid dienone is 1. The molecule has 0 amide bonds. The van der Waals surface area contributed by atoms with Gasteiger partial charge >= 0.3 is 0 Å². The van der Waals surface area contributed by atoms with Gasteiger partial charge in [0, 0.05) is 36.3 Å². The van der Waals surface area contributed by atoms with Crippen LogP contribution in [0.15, 0.2) is 36.8 Å². The Morgan fingerprint density at radius 1 is 1.36 bits per heavy atom. The van der Waals surface area contributed by atoms with Crippen LogP contribution in [0.25, 0.3) is 5.57 Å². The number of benzene rings is 1. The molecule has 2 aliphatic heterocycles. The molecule has 4 rings (SSSR count). The monoisotopic (exact) mass is 377 g/mol. The largest absolute Gasteiger partial charge is 0.398 e. The molecule has 3 heterocycles. The lowest BCUT2D eigenvalue weighted by Crippen LogP contribution is -2.25. The van der Waals surface area contributed by atoms with E-state index in [-0.39, 0.29) is 17.7 Å². The van der Waals surface area contributed by atoms with Gasteiger partial charge in [-0.1, -0.05) is 6.07 Å². The minimum Gasteiger partial charge on any atom is -0.398 e. The van der Waals surface area contributed by atoms with Crippen LogP contribution in [0.3, 0.4) is 0 Å². The fourth-order valence-electron chi connectivity index (χ4n) is 3.71. The lowest BCUT2D eigenvalue weighted by atomic mass is 9.97. The van der Waals surface area contributed by atoms with Crippen molar-refractivity contribution in [2.45, 2.75) is 19.4 Å². The van der Waals surface area contributed by atoms with Gasteiger partial charge in [-0.05, 0) is 31.0 Å². The zero-order valence-electron chi connectivity index (χ0n) is 16.1. The zero-order valence-corrected chi connectivity index (χ0v) is 16.1. The summed E-state index contributed by atoms with van der Waals surface area (Å²) in [7, 11) is 1.98. The summed E-state index contributed by atoms with van der Waals surface area (Å²) in [6, 6.07) is 7.57. The van der Waals surface area contributed by atoms with Gasteiger partial charge in [-0.2, -0.15) is 0 Å². The molecule has 0 radical (unpaired) electrons. The predicted molar refractivity (Wildman–Crippen MR) is 111 cm³/mol. The highest BCUT2D eigenvalue weighted by Gasteiger charge is 2.27. The number of aliphatic hydroxyl groups is 1. The molecule has 7 nitrogen and oxygen atoms in total. The number of hydrogen-bond donors (Lipinski definition) is 3. The predicted octanol–water partition coefficient (Wildman–Crippen LogP) is 1.75. The molecule has 2 aliphatic rings. The maximum Gasteiger partial charge on any atom is 0.182 e. The lowest BCUT2D eigenvalue weighted by Gasteiger charge is -2.19. The summed E-state index contributed by atoms with van der Waals surface area (Å²) in [5, 5.41) is 18.5. The summed E-state index contributed by atoms with van der Waals surface area (Å²) < 4.78 is 1.99. The van der Waals surface area contributed by atoms with Crippen molar-refractivity contribution in [2.75, 3.05) is 30.8 Å². The van der Waals surface area contributed by atoms with Crippen LogP contribution < -0.4 is 10.6 Å². The van der Waals surface area contributed by atoms with E-state index in [1.807, 2.05) is 55.2 Å². The van der Waals surface area contributed by atoms with Gasteiger partial charge in [-0.15, -0.1) is 0 Å². The van der Waals surface area contributed by atoms with Crippen LogP contribution >= 0.6 is 0 Å². The number of nitrogens with one attached hydrogen (secondary N) is 1. The Morgan fingerprint density at radius 3 is 2.82 bits per heavy atom. The van der Waals surface area contributed by atoms with Crippen molar-refractivity contribution in [3.05, 3.63) is 53.6 Å². The lowest BCUT2D eigenvalue weighted by molar-refractivity contribution is -0.423. The Hall–Kier alpha value is -3.06. The zero-order chi connectivity index (χ0) is 19.8. The van der Waals surface area contributed by atoms with Crippen LogP contribution in [0.1, 0.15) is 30.2 Å². The molecule has 1 aromatic carbocycles. The standard InChI is InChI=1S/C21H25N6O/c1-13(28)15-5-6-27(11-15)20-8-19(24-12-25-20)21(23)17-7-14(3-4-18(17)22)16-9-26(2)10-16/h3-4,7-10,12-13,15,23,28H,5-6,11,22H2,1-2H3/q+1. The SMILES string of the molecule is CC(O)C1CCN(c2cc(C(=N)c3cc(C4=C[N+](C)=C4)ccc3N)ncn2)C1. The van der Waals surface area contributed by atoms with Crippen molar-refractivity contribution in [1.82, 2.24) is 9.97 Å². The van der Waals surface area contributed by atoms with E-state index in [1.165, 1.54) is 6.33 Å². The molecule has 0 bridgehead atoms. The summed E-state index contributed by atoms with van der Waals surface area (Å²) in [4.78, 5) is 10.8. The highest BCUT2D eigenvalue weighted by Crippen LogP contribution is 2.27. The fraction of sp³-hybridized carbons (Fsp3) is 0.333. The highest BCUT2D eigenvalue weighted by atomic mass is 16.3. The number of nitrogens with zero attached hydrogens (tertiary/aromatic N) is 4. The van der Waals surface area contributed by atoms with Gasteiger partial charge in [0.05, 0.1) is 17.5 Å². The second-order valence-electron chi connectivity index (χ2n) is 7.55. The molecule has 1 saturated heterocycles. The van der Waals surface area contributed by atoms with Crippen molar-refractivity contribution in [1.29, 1.82) is 5.41 Å². The quantitative estimate of drug-likeness (QED) is 0.419. The van der Waals surface area contributed by atoms with Gasteiger partial charge in [0.2, 0.25) is 0 Å². The molecule has 0 spiro atoms. The Labute approximate surface area is 164 Å². The first-order valence-corrected chi connectivity index (χ1v) is 9.45. The van der Waals surface area contributed by atoms with E-state index in [2.05, 4.69) is 14.9 Å². The second kappa shape index (κ2) is 7.16. The Balaban J connectivity index is 1.59. The minimum absolute atomic E-state index is 0.246. The average molecular weight is 377 g/mol. The summed E-state index contributed by atoms with van der Waals surface area (Å²) >= 11 is 0. The van der Waals surface area contributed by atoms with E-state index < -0.39 is 0 Å². The molecule has 7 heteroatoms. The van der Waals surface area contributed by atoms with E-state index in [1.54, 1.807) is 0 Å². The van der Waals surface area contributed by atoms with Crippen LogP contribution in [-0.4, -0.2) is 57.8 Å². The van der Waals surface area contributed by atoms with E-state index in [9.17, 15) is 5.11 Å². The first kappa shape index (κ1) is 18.3. The molecule has 1 aromatic heterocycles. The van der Waals surface area contributed by atoms with Crippen LogP contribution in [-0.2, 0) is 0 Å². The van der Waals surface area contributed by atoms with Crippen molar-refractivity contribution in [3.8, 4) is 0 Å². The number of nitrogen functional groups attached to an aromatic ring is 1. The smallest absolute Gasteiger partial charge is 0.182 e. The molecule has 28 heavy (non-hydrogen) atoms.